The first kappa shape index (κ1) is 21.9. The van der Waals surface area contributed by atoms with Gasteiger partial charge < -0.3 is 16.8 Å². The van der Waals surface area contributed by atoms with Gasteiger partial charge in [0.25, 0.3) is 0 Å². The van der Waals surface area contributed by atoms with Crippen molar-refractivity contribution in [2.75, 3.05) is 25.0 Å². The fraction of sp³-hybridized carbons (Fsp3) is 0.333. The summed E-state index contributed by atoms with van der Waals surface area (Å²) >= 11 is 0. The number of primary amides is 1. The molecule has 1 unspecified atom stereocenters. The number of hydrogen-bond acceptors (Lipinski definition) is 4. The van der Waals surface area contributed by atoms with E-state index in [-0.39, 0.29) is 24.4 Å². The quantitative estimate of drug-likeness (QED) is 0.689. The van der Waals surface area contributed by atoms with Crippen LogP contribution < -0.4 is 16.8 Å². The minimum Gasteiger partial charge on any atom is -0.366 e. The van der Waals surface area contributed by atoms with Crippen molar-refractivity contribution in [3.8, 4) is 0 Å². The van der Waals surface area contributed by atoms with Crippen LogP contribution in [0.4, 0.5) is 5.69 Å². The molecule has 1 heterocycles. The Morgan fingerprint density at radius 1 is 1.11 bits per heavy atom. The summed E-state index contributed by atoms with van der Waals surface area (Å²) in [4.78, 5) is 26.0. The first-order valence-electron chi connectivity index (χ1n) is 9.19. The number of nitrogens with zero attached hydrogens (tertiary/aromatic N) is 1. The number of carbonyl (C=O) groups is 2. The number of amides is 2. The van der Waals surface area contributed by atoms with E-state index in [2.05, 4.69) is 22.3 Å². The SMILES string of the molecule is CC(C(=O)Nc1ccc(C(N)=O)cc1)N1C[C@@H](CN)[C@H](c2ccccc2)C1.Cl. The largest absolute Gasteiger partial charge is 0.366 e. The van der Waals surface area contributed by atoms with Crippen molar-refractivity contribution in [3.63, 3.8) is 0 Å². The number of nitrogens with two attached hydrogens (primary N) is 2. The number of likely N-dealkylation sites (tertiary alicyclic amines) is 1. The van der Waals surface area contributed by atoms with Gasteiger partial charge in [-0.2, -0.15) is 0 Å². The average Bonchev–Trinajstić information content (AvgIpc) is 3.13. The molecule has 0 saturated carbocycles. The van der Waals surface area contributed by atoms with Crippen LogP contribution in [0.3, 0.4) is 0 Å². The van der Waals surface area contributed by atoms with Gasteiger partial charge in [0.15, 0.2) is 0 Å². The maximum Gasteiger partial charge on any atom is 0.248 e. The third kappa shape index (κ3) is 4.90. The number of nitrogens with one attached hydrogen (secondary N) is 1. The van der Waals surface area contributed by atoms with Gasteiger partial charge in [0.1, 0.15) is 0 Å². The molecule has 0 aromatic heterocycles. The molecule has 2 aromatic carbocycles. The molecule has 28 heavy (non-hydrogen) atoms. The highest BCUT2D eigenvalue weighted by atomic mass is 35.5. The van der Waals surface area contributed by atoms with Crippen LogP contribution in [-0.4, -0.2) is 42.4 Å². The topological polar surface area (TPSA) is 101 Å². The van der Waals surface area contributed by atoms with Gasteiger partial charge >= 0.3 is 0 Å². The first-order valence-corrected chi connectivity index (χ1v) is 9.19. The lowest BCUT2D eigenvalue weighted by molar-refractivity contribution is -0.120. The molecule has 0 radical (unpaired) electrons. The van der Waals surface area contributed by atoms with E-state index in [4.69, 9.17) is 11.5 Å². The predicted octanol–water partition coefficient (Wildman–Crippen LogP) is 2.21. The van der Waals surface area contributed by atoms with Crippen LogP contribution in [0.15, 0.2) is 54.6 Å². The fourth-order valence-corrected chi connectivity index (χ4v) is 3.67. The maximum absolute atomic E-state index is 12.7. The van der Waals surface area contributed by atoms with Crippen LogP contribution in [0.25, 0.3) is 0 Å². The summed E-state index contributed by atoms with van der Waals surface area (Å²) in [6.07, 6.45) is 0. The Labute approximate surface area is 171 Å². The minimum absolute atomic E-state index is 0. The molecule has 1 saturated heterocycles. The molecule has 7 heteroatoms. The lowest BCUT2D eigenvalue weighted by Gasteiger charge is -2.23. The monoisotopic (exact) mass is 402 g/mol. The highest BCUT2D eigenvalue weighted by Gasteiger charge is 2.36. The minimum atomic E-state index is -0.488. The van der Waals surface area contributed by atoms with Gasteiger partial charge in [0.05, 0.1) is 6.04 Å². The van der Waals surface area contributed by atoms with Crippen molar-refractivity contribution >= 4 is 29.9 Å². The predicted molar refractivity (Wildman–Crippen MR) is 114 cm³/mol. The van der Waals surface area contributed by atoms with Crippen molar-refractivity contribution in [2.24, 2.45) is 17.4 Å². The maximum atomic E-state index is 12.7. The van der Waals surface area contributed by atoms with E-state index < -0.39 is 5.91 Å². The fourth-order valence-electron chi connectivity index (χ4n) is 3.67. The lowest BCUT2D eigenvalue weighted by Crippen LogP contribution is -2.41. The Bertz CT molecular complexity index is 798. The van der Waals surface area contributed by atoms with Crippen molar-refractivity contribution in [1.82, 2.24) is 4.90 Å². The molecule has 1 fully saturated rings. The van der Waals surface area contributed by atoms with E-state index in [1.165, 1.54) is 5.56 Å². The van der Waals surface area contributed by atoms with Gasteiger partial charge in [-0.05, 0) is 49.2 Å². The van der Waals surface area contributed by atoms with Crippen LogP contribution in [0.2, 0.25) is 0 Å². The molecule has 150 valence electrons. The number of hydrogen-bond donors (Lipinski definition) is 3. The van der Waals surface area contributed by atoms with Crippen LogP contribution >= 0.6 is 12.4 Å². The molecule has 0 aliphatic carbocycles. The Morgan fingerprint density at radius 3 is 2.32 bits per heavy atom. The third-order valence-corrected chi connectivity index (χ3v) is 5.36. The Kier molecular flexibility index (Phi) is 7.57. The summed E-state index contributed by atoms with van der Waals surface area (Å²) in [5.41, 5.74) is 13.6. The molecule has 6 nitrogen and oxygen atoms in total. The second-order valence-electron chi connectivity index (χ2n) is 7.07. The zero-order valence-corrected chi connectivity index (χ0v) is 16.7. The lowest BCUT2D eigenvalue weighted by atomic mass is 9.89. The van der Waals surface area contributed by atoms with Gasteiger partial charge in [0.2, 0.25) is 11.8 Å². The van der Waals surface area contributed by atoms with Crippen LogP contribution in [0.5, 0.6) is 0 Å². The van der Waals surface area contributed by atoms with Gasteiger partial charge in [-0.1, -0.05) is 30.3 Å². The molecular formula is C21H27ClN4O2. The normalized spacial score (nSPS) is 20.2. The molecule has 1 aliphatic heterocycles. The molecule has 2 aromatic rings. The zero-order chi connectivity index (χ0) is 19.4. The summed E-state index contributed by atoms with van der Waals surface area (Å²) < 4.78 is 0. The number of halogens is 1. The Balaban J connectivity index is 0.00000280. The van der Waals surface area contributed by atoms with E-state index in [1.807, 2.05) is 25.1 Å². The second-order valence-corrected chi connectivity index (χ2v) is 7.07. The van der Waals surface area contributed by atoms with Gasteiger partial charge in [-0.15, -0.1) is 12.4 Å². The number of anilines is 1. The molecule has 3 atom stereocenters. The van der Waals surface area contributed by atoms with E-state index in [1.54, 1.807) is 24.3 Å². The molecule has 2 amide bonds. The van der Waals surface area contributed by atoms with Crippen LogP contribution in [0, 0.1) is 5.92 Å². The summed E-state index contributed by atoms with van der Waals surface area (Å²) in [6.45, 7) is 4.11. The summed E-state index contributed by atoms with van der Waals surface area (Å²) in [7, 11) is 0. The summed E-state index contributed by atoms with van der Waals surface area (Å²) in [5.74, 6) is 0.100. The van der Waals surface area contributed by atoms with Gasteiger partial charge in [-0.25, -0.2) is 0 Å². The number of benzene rings is 2. The smallest absolute Gasteiger partial charge is 0.248 e. The molecule has 3 rings (SSSR count). The standard InChI is InChI=1S/C21H26N4O2.ClH/c1-14(21(27)24-18-9-7-16(8-10-18)20(23)26)25-12-17(11-22)19(13-25)15-5-3-2-4-6-15;/h2-10,14,17,19H,11-13,22H2,1H3,(H2,23,26)(H,24,27);1H/t14?,17-,19+;/m1./s1. The Morgan fingerprint density at radius 2 is 1.75 bits per heavy atom. The second kappa shape index (κ2) is 9.68. The van der Waals surface area contributed by atoms with Crippen molar-refractivity contribution < 1.29 is 9.59 Å². The van der Waals surface area contributed by atoms with E-state index >= 15 is 0 Å². The van der Waals surface area contributed by atoms with Crippen LogP contribution in [0.1, 0.15) is 28.8 Å². The molecule has 5 N–H and O–H groups in total. The molecule has 0 spiro atoms. The Hall–Kier alpha value is -2.41. The van der Waals surface area contributed by atoms with E-state index in [9.17, 15) is 9.59 Å². The van der Waals surface area contributed by atoms with E-state index in [0.717, 1.165) is 13.1 Å². The number of rotatable bonds is 6. The van der Waals surface area contributed by atoms with Gasteiger partial charge in [0, 0.05) is 30.3 Å². The first-order chi connectivity index (χ1) is 13.0. The third-order valence-electron chi connectivity index (χ3n) is 5.36. The molecule has 1 aliphatic rings. The number of carbonyl (C=O) groups excluding carboxylic acids is 2. The van der Waals surface area contributed by atoms with Crippen molar-refractivity contribution in [2.45, 2.75) is 18.9 Å². The molecular weight excluding hydrogens is 376 g/mol. The average molecular weight is 403 g/mol. The molecule has 0 bridgehead atoms. The zero-order valence-electron chi connectivity index (χ0n) is 15.9. The van der Waals surface area contributed by atoms with Crippen molar-refractivity contribution in [3.05, 3.63) is 65.7 Å². The summed E-state index contributed by atoms with van der Waals surface area (Å²) in [5, 5.41) is 2.91. The van der Waals surface area contributed by atoms with E-state index in [0.29, 0.717) is 29.6 Å². The summed E-state index contributed by atoms with van der Waals surface area (Å²) in [6, 6.07) is 16.6. The highest BCUT2D eigenvalue weighted by molar-refractivity contribution is 5.96. The van der Waals surface area contributed by atoms with Crippen LogP contribution in [-0.2, 0) is 4.79 Å². The highest BCUT2D eigenvalue weighted by Crippen LogP contribution is 2.33. The van der Waals surface area contributed by atoms with Crippen molar-refractivity contribution in [1.29, 1.82) is 0 Å². The van der Waals surface area contributed by atoms with Gasteiger partial charge in [-0.3, -0.25) is 14.5 Å².